The van der Waals surface area contributed by atoms with E-state index < -0.39 is 6.36 Å². The first kappa shape index (κ1) is 15.5. The lowest BCUT2D eigenvalue weighted by Crippen LogP contribution is -2.36. The Morgan fingerprint density at radius 2 is 2.05 bits per heavy atom. The highest BCUT2D eigenvalue weighted by molar-refractivity contribution is 8.00. The Morgan fingerprint density at radius 1 is 1.35 bits per heavy atom. The van der Waals surface area contributed by atoms with Crippen LogP contribution in [0.2, 0.25) is 0 Å². The molecule has 0 amide bonds. The Balaban J connectivity index is 1.95. The summed E-state index contributed by atoms with van der Waals surface area (Å²) >= 11 is 1.97. The Bertz CT molecular complexity index is 415. The molecule has 0 spiro atoms. The Hall–Kier alpha value is -0.880. The molecule has 0 aliphatic carbocycles. The molecule has 0 bridgehead atoms. The smallest absolute Gasteiger partial charge is 0.406 e. The largest absolute Gasteiger partial charge is 0.573 e. The molecule has 0 aromatic heterocycles. The molecule has 2 unspecified atom stereocenters. The van der Waals surface area contributed by atoms with Crippen LogP contribution in [0.1, 0.15) is 18.4 Å². The summed E-state index contributed by atoms with van der Waals surface area (Å²) in [4.78, 5) is 0. The van der Waals surface area contributed by atoms with E-state index in [4.69, 9.17) is 0 Å². The normalized spacial score (nSPS) is 20.9. The minimum absolute atomic E-state index is 0.169. The van der Waals surface area contributed by atoms with Gasteiger partial charge in [-0.15, -0.1) is 13.2 Å². The third-order valence-electron chi connectivity index (χ3n) is 3.40. The van der Waals surface area contributed by atoms with Gasteiger partial charge in [-0.2, -0.15) is 11.8 Å². The van der Waals surface area contributed by atoms with Crippen LogP contribution >= 0.6 is 11.8 Å². The van der Waals surface area contributed by atoms with E-state index >= 15 is 0 Å². The molecule has 1 aliphatic rings. The fourth-order valence-corrected chi connectivity index (χ4v) is 3.85. The lowest BCUT2D eigenvalue weighted by atomic mass is 10.0. The van der Waals surface area contributed by atoms with Gasteiger partial charge in [-0.25, -0.2) is 0 Å². The molecule has 1 saturated heterocycles. The zero-order chi connectivity index (χ0) is 14.6. The zero-order valence-corrected chi connectivity index (χ0v) is 12.1. The van der Waals surface area contributed by atoms with Crippen molar-refractivity contribution in [2.45, 2.75) is 36.9 Å². The highest BCUT2D eigenvalue weighted by atomic mass is 32.2. The van der Waals surface area contributed by atoms with Gasteiger partial charge in [0.25, 0.3) is 0 Å². The zero-order valence-electron chi connectivity index (χ0n) is 11.2. The minimum Gasteiger partial charge on any atom is -0.406 e. The van der Waals surface area contributed by atoms with E-state index in [9.17, 15) is 13.2 Å². The molecule has 2 rings (SSSR count). The maximum atomic E-state index is 12.1. The summed E-state index contributed by atoms with van der Waals surface area (Å²) in [7, 11) is 1.94. The number of hydrogen-bond acceptors (Lipinski definition) is 3. The van der Waals surface area contributed by atoms with Crippen molar-refractivity contribution in [3.63, 3.8) is 0 Å². The number of likely N-dealkylation sites (N-methyl/N-ethyl adjacent to an activating group) is 1. The third kappa shape index (κ3) is 4.59. The van der Waals surface area contributed by atoms with E-state index in [2.05, 4.69) is 10.1 Å². The molecule has 6 heteroatoms. The lowest BCUT2D eigenvalue weighted by molar-refractivity contribution is -0.274. The van der Waals surface area contributed by atoms with Crippen molar-refractivity contribution in [2.24, 2.45) is 0 Å². The summed E-state index contributed by atoms with van der Waals surface area (Å²) in [6.07, 6.45) is -1.37. The van der Waals surface area contributed by atoms with E-state index in [0.717, 1.165) is 12.0 Å². The molecule has 0 radical (unpaired) electrons. The van der Waals surface area contributed by atoms with Crippen molar-refractivity contribution in [1.29, 1.82) is 0 Å². The van der Waals surface area contributed by atoms with E-state index in [1.807, 2.05) is 18.8 Å². The standard InChI is InChI=1S/C14H18F3NOS/c1-18-12(13-3-2-8-20-13)9-10-4-6-11(7-5-10)19-14(15,16)17/h4-7,12-13,18H,2-3,8-9H2,1H3. The van der Waals surface area contributed by atoms with Crippen LogP contribution in [-0.4, -0.2) is 30.5 Å². The maximum absolute atomic E-state index is 12.1. The second kappa shape index (κ2) is 6.72. The van der Waals surface area contributed by atoms with Gasteiger partial charge < -0.3 is 10.1 Å². The third-order valence-corrected chi connectivity index (χ3v) is 4.91. The van der Waals surface area contributed by atoms with Crippen LogP contribution in [-0.2, 0) is 6.42 Å². The van der Waals surface area contributed by atoms with Crippen molar-refractivity contribution >= 4 is 11.8 Å². The highest BCUT2D eigenvalue weighted by Crippen LogP contribution is 2.30. The van der Waals surface area contributed by atoms with Gasteiger partial charge in [-0.3, -0.25) is 0 Å². The molecule has 20 heavy (non-hydrogen) atoms. The van der Waals surface area contributed by atoms with Crippen molar-refractivity contribution in [2.75, 3.05) is 12.8 Å². The van der Waals surface area contributed by atoms with Gasteiger partial charge in [0.2, 0.25) is 0 Å². The Morgan fingerprint density at radius 3 is 2.55 bits per heavy atom. The van der Waals surface area contributed by atoms with Gasteiger partial charge in [0, 0.05) is 11.3 Å². The first-order chi connectivity index (χ1) is 9.48. The molecule has 1 fully saturated rings. The summed E-state index contributed by atoms with van der Waals surface area (Å²) in [6, 6.07) is 6.50. The number of hydrogen-bond donors (Lipinski definition) is 1. The second-order valence-electron chi connectivity index (χ2n) is 4.84. The molecular weight excluding hydrogens is 287 g/mol. The molecule has 1 aromatic rings. The Kier molecular flexibility index (Phi) is 5.21. The molecule has 1 aromatic carbocycles. The average molecular weight is 305 g/mol. The second-order valence-corrected chi connectivity index (χ2v) is 6.19. The first-order valence-corrected chi connectivity index (χ1v) is 7.66. The van der Waals surface area contributed by atoms with E-state index in [-0.39, 0.29) is 5.75 Å². The number of rotatable bonds is 5. The van der Waals surface area contributed by atoms with Gasteiger partial charge in [-0.05, 0) is 49.8 Å². The van der Waals surface area contributed by atoms with Crippen LogP contribution in [0.15, 0.2) is 24.3 Å². The highest BCUT2D eigenvalue weighted by Gasteiger charge is 2.31. The van der Waals surface area contributed by atoms with Gasteiger partial charge in [-0.1, -0.05) is 12.1 Å². The van der Waals surface area contributed by atoms with Gasteiger partial charge in [0.1, 0.15) is 5.75 Å². The van der Waals surface area contributed by atoms with E-state index in [1.165, 1.54) is 30.7 Å². The van der Waals surface area contributed by atoms with E-state index in [0.29, 0.717) is 11.3 Å². The van der Waals surface area contributed by atoms with E-state index in [1.54, 1.807) is 12.1 Å². The molecule has 1 heterocycles. The molecule has 2 nitrogen and oxygen atoms in total. The number of ether oxygens (including phenoxy) is 1. The monoisotopic (exact) mass is 305 g/mol. The SMILES string of the molecule is CNC(Cc1ccc(OC(F)(F)F)cc1)C1CCCS1. The summed E-state index contributed by atoms with van der Waals surface area (Å²) < 4.78 is 40.1. The van der Waals surface area contributed by atoms with Gasteiger partial charge in [0.05, 0.1) is 0 Å². The van der Waals surface area contributed by atoms with Crippen LogP contribution in [0.5, 0.6) is 5.75 Å². The van der Waals surface area contributed by atoms with Crippen LogP contribution in [0, 0.1) is 0 Å². The van der Waals surface area contributed by atoms with Crippen LogP contribution in [0.3, 0.4) is 0 Å². The minimum atomic E-state index is -4.63. The topological polar surface area (TPSA) is 21.3 Å². The van der Waals surface area contributed by atoms with Crippen molar-refractivity contribution in [1.82, 2.24) is 5.32 Å². The van der Waals surface area contributed by atoms with Crippen LogP contribution in [0.25, 0.3) is 0 Å². The van der Waals surface area contributed by atoms with Gasteiger partial charge in [0.15, 0.2) is 0 Å². The summed E-state index contributed by atoms with van der Waals surface area (Å²) in [6.45, 7) is 0. The lowest BCUT2D eigenvalue weighted by Gasteiger charge is -2.22. The number of halogens is 3. The number of thioether (sulfide) groups is 1. The fraction of sp³-hybridized carbons (Fsp3) is 0.571. The average Bonchev–Trinajstić information content (AvgIpc) is 2.90. The summed E-state index contributed by atoms with van der Waals surface area (Å²) in [5, 5.41) is 3.90. The molecule has 2 atom stereocenters. The maximum Gasteiger partial charge on any atom is 0.573 e. The van der Waals surface area contributed by atoms with Crippen molar-refractivity contribution in [3.05, 3.63) is 29.8 Å². The Labute approximate surface area is 121 Å². The number of nitrogens with one attached hydrogen (secondary N) is 1. The quantitative estimate of drug-likeness (QED) is 0.898. The van der Waals surface area contributed by atoms with Crippen LogP contribution in [0.4, 0.5) is 13.2 Å². The predicted molar refractivity (Wildman–Crippen MR) is 75.2 cm³/mol. The van der Waals surface area contributed by atoms with Crippen LogP contribution < -0.4 is 10.1 Å². The summed E-state index contributed by atoms with van der Waals surface area (Å²) in [5.74, 6) is 1.03. The molecule has 1 aliphatic heterocycles. The molecule has 1 N–H and O–H groups in total. The first-order valence-electron chi connectivity index (χ1n) is 6.61. The number of alkyl halides is 3. The summed E-state index contributed by atoms with van der Waals surface area (Å²) in [5.41, 5.74) is 1.02. The van der Waals surface area contributed by atoms with Crippen molar-refractivity contribution < 1.29 is 17.9 Å². The fourth-order valence-electron chi connectivity index (χ4n) is 2.42. The molecule has 112 valence electrons. The molecule has 0 saturated carbocycles. The van der Waals surface area contributed by atoms with Gasteiger partial charge >= 0.3 is 6.36 Å². The molecular formula is C14H18F3NOS. The van der Waals surface area contributed by atoms with Crippen molar-refractivity contribution in [3.8, 4) is 5.75 Å². The number of benzene rings is 1. The predicted octanol–water partition coefficient (Wildman–Crippen LogP) is 3.61.